The van der Waals surface area contributed by atoms with Crippen LogP contribution in [0.3, 0.4) is 0 Å². The molecule has 0 aliphatic heterocycles. The smallest absolute Gasteiger partial charge is 0.312 e. The second-order valence-corrected chi connectivity index (χ2v) is 4.32. The molecule has 0 amide bonds. The monoisotopic (exact) mass is 293 g/mol. The molecule has 0 spiro atoms. The third kappa shape index (κ3) is 3.86. The SMILES string of the molecule is O=[N+]([O-])c1cc(Cl)ccc1OCCOc1ccccc1. The summed E-state index contributed by atoms with van der Waals surface area (Å²) < 4.78 is 10.8. The predicted molar refractivity (Wildman–Crippen MR) is 75.5 cm³/mol. The van der Waals surface area contributed by atoms with Crippen molar-refractivity contribution in [1.82, 2.24) is 0 Å². The van der Waals surface area contributed by atoms with Gasteiger partial charge in [0, 0.05) is 11.1 Å². The zero-order chi connectivity index (χ0) is 14.4. The van der Waals surface area contributed by atoms with E-state index in [9.17, 15) is 10.1 Å². The molecule has 0 aliphatic carbocycles. The first-order valence-corrected chi connectivity index (χ1v) is 6.29. The van der Waals surface area contributed by atoms with E-state index in [2.05, 4.69) is 0 Å². The van der Waals surface area contributed by atoms with Crippen molar-refractivity contribution >= 4 is 17.3 Å². The molecule has 2 rings (SSSR count). The summed E-state index contributed by atoms with van der Waals surface area (Å²) in [5.74, 6) is 0.901. The minimum absolute atomic E-state index is 0.155. The Morgan fingerprint density at radius 1 is 1.05 bits per heavy atom. The van der Waals surface area contributed by atoms with Gasteiger partial charge in [0.05, 0.1) is 4.92 Å². The second kappa shape index (κ2) is 6.77. The quantitative estimate of drug-likeness (QED) is 0.463. The van der Waals surface area contributed by atoms with Crippen LogP contribution in [0.25, 0.3) is 0 Å². The highest BCUT2D eigenvalue weighted by Crippen LogP contribution is 2.29. The summed E-state index contributed by atoms with van der Waals surface area (Å²) in [6.07, 6.45) is 0. The van der Waals surface area contributed by atoms with Crippen LogP contribution < -0.4 is 9.47 Å². The predicted octanol–water partition coefficient (Wildman–Crippen LogP) is 3.71. The van der Waals surface area contributed by atoms with Crippen LogP contribution in [0.5, 0.6) is 11.5 Å². The third-order valence-corrected chi connectivity index (χ3v) is 2.71. The molecule has 2 aromatic rings. The Labute approximate surface area is 120 Å². The molecule has 0 saturated carbocycles. The standard InChI is InChI=1S/C14H12ClNO4/c15-11-6-7-14(13(10-11)16(17)18)20-9-8-19-12-4-2-1-3-5-12/h1-7,10H,8-9H2. The Hall–Kier alpha value is -2.27. The number of benzene rings is 2. The van der Waals surface area contributed by atoms with Crippen LogP contribution in [-0.4, -0.2) is 18.1 Å². The molecule has 2 aromatic carbocycles. The van der Waals surface area contributed by atoms with E-state index in [0.717, 1.165) is 5.75 Å². The normalized spacial score (nSPS) is 10.1. The van der Waals surface area contributed by atoms with Gasteiger partial charge in [-0.1, -0.05) is 29.8 Å². The first-order valence-electron chi connectivity index (χ1n) is 5.91. The summed E-state index contributed by atoms with van der Waals surface area (Å²) in [4.78, 5) is 10.3. The van der Waals surface area contributed by atoms with Gasteiger partial charge in [-0.3, -0.25) is 10.1 Å². The molecule has 104 valence electrons. The van der Waals surface area contributed by atoms with E-state index >= 15 is 0 Å². The number of rotatable bonds is 6. The largest absolute Gasteiger partial charge is 0.490 e. The third-order valence-electron chi connectivity index (χ3n) is 2.47. The minimum Gasteiger partial charge on any atom is -0.490 e. The van der Waals surface area contributed by atoms with E-state index in [1.165, 1.54) is 12.1 Å². The highest BCUT2D eigenvalue weighted by molar-refractivity contribution is 6.30. The molecule has 0 unspecified atom stereocenters. The van der Waals surface area contributed by atoms with Gasteiger partial charge in [0.1, 0.15) is 19.0 Å². The lowest BCUT2D eigenvalue weighted by atomic mass is 10.3. The van der Waals surface area contributed by atoms with E-state index in [1.807, 2.05) is 30.3 Å². The summed E-state index contributed by atoms with van der Waals surface area (Å²) in [6, 6.07) is 13.5. The molecule has 0 N–H and O–H groups in total. The fourth-order valence-electron chi connectivity index (χ4n) is 1.58. The van der Waals surface area contributed by atoms with Crippen molar-refractivity contribution in [3.63, 3.8) is 0 Å². The van der Waals surface area contributed by atoms with Crippen molar-refractivity contribution in [2.45, 2.75) is 0 Å². The summed E-state index contributed by atoms with van der Waals surface area (Å²) >= 11 is 5.72. The van der Waals surface area contributed by atoms with Crippen LogP contribution in [0.1, 0.15) is 0 Å². The molecule has 0 saturated heterocycles. The van der Waals surface area contributed by atoms with E-state index < -0.39 is 4.92 Å². The molecular formula is C14H12ClNO4. The van der Waals surface area contributed by atoms with Gasteiger partial charge < -0.3 is 9.47 Å². The zero-order valence-electron chi connectivity index (χ0n) is 10.5. The Balaban J connectivity index is 1.90. The number of nitro benzene ring substituents is 1. The van der Waals surface area contributed by atoms with Crippen molar-refractivity contribution < 1.29 is 14.4 Å². The fraction of sp³-hybridized carbons (Fsp3) is 0.143. The summed E-state index contributed by atoms with van der Waals surface area (Å²) in [5.41, 5.74) is -0.155. The number of nitrogens with zero attached hydrogens (tertiary/aromatic N) is 1. The topological polar surface area (TPSA) is 61.6 Å². The van der Waals surface area contributed by atoms with E-state index in [1.54, 1.807) is 6.07 Å². The number of ether oxygens (including phenoxy) is 2. The van der Waals surface area contributed by atoms with Gasteiger partial charge in [-0.2, -0.15) is 0 Å². The molecule has 0 radical (unpaired) electrons. The molecule has 0 heterocycles. The Morgan fingerprint density at radius 2 is 1.75 bits per heavy atom. The van der Waals surface area contributed by atoms with E-state index in [0.29, 0.717) is 11.6 Å². The average molecular weight is 294 g/mol. The van der Waals surface area contributed by atoms with Crippen LogP contribution in [0.15, 0.2) is 48.5 Å². The fourth-order valence-corrected chi connectivity index (χ4v) is 1.75. The van der Waals surface area contributed by atoms with Crippen molar-refractivity contribution in [2.24, 2.45) is 0 Å². The van der Waals surface area contributed by atoms with Gasteiger partial charge in [-0.25, -0.2) is 0 Å². The number of para-hydroxylation sites is 1. The van der Waals surface area contributed by atoms with Gasteiger partial charge in [0.15, 0.2) is 5.75 Å². The molecule has 0 aliphatic rings. The van der Waals surface area contributed by atoms with Crippen LogP contribution >= 0.6 is 11.6 Å². The second-order valence-electron chi connectivity index (χ2n) is 3.88. The summed E-state index contributed by atoms with van der Waals surface area (Å²) in [5, 5.41) is 11.2. The highest BCUT2D eigenvalue weighted by Gasteiger charge is 2.15. The van der Waals surface area contributed by atoms with Crippen LogP contribution in [0.2, 0.25) is 5.02 Å². The lowest BCUT2D eigenvalue weighted by Gasteiger charge is -2.08. The van der Waals surface area contributed by atoms with Gasteiger partial charge >= 0.3 is 5.69 Å². The summed E-state index contributed by atoms with van der Waals surface area (Å²) in [7, 11) is 0. The maximum Gasteiger partial charge on any atom is 0.312 e. The molecular weight excluding hydrogens is 282 g/mol. The van der Waals surface area contributed by atoms with Crippen LogP contribution in [-0.2, 0) is 0 Å². The number of halogens is 1. The highest BCUT2D eigenvalue weighted by atomic mass is 35.5. The zero-order valence-corrected chi connectivity index (χ0v) is 11.2. The van der Waals surface area contributed by atoms with Gasteiger partial charge in [0.2, 0.25) is 0 Å². The number of hydrogen-bond acceptors (Lipinski definition) is 4. The molecule has 0 aromatic heterocycles. The van der Waals surface area contributed by atoms with Crippen molar-refractivity contribution in [3.05, 3.63) is 63.7 Å². The van der Waals surface area contributed by atoms with Crippen LogP contribution in [0, 0.1) is 10.1 Å². The first-order chi connectivity index (χ1) is 9.66. The van der Waals surface area contributed by atoms with E-state index in [-0.39, 0.29) is 18.0 Å². The first kappa shape index (κ1) is 14.1. The lowest BCUT2D eigenvalue weighted by Crippen LogP contribution is -2.09. The Bertz CT molecular complexity index is 589. The molecule has 5 nitrogen and oxygen atoms in total. The van der Waals surface area contributed by atoms with Crippen LogP contribution in [0.4, 0.5) is 5.69 Å². The van der Waals surface area contributed by atoms with Gasteiger partial charge in [-0.15, -0.1) is 0 Å². The summed E-state index contributed by atoms with van der Waals surface area (Å²) in [6.45, 7) is 0.501. The van der Waals surface area contributed by atoms with Crippen molar-refractivity contribution in [3.8, 4) is 11.5 Å². The number of nitro groups is 1. The Morgan fingerprint density at radius 3 is 2.45 bits per heavy atom. The maximum absolute atomic E-state index is 10.9. The maximum atomic E-state index is 10.9. The Kier molecular flexibility index (Phi) is 4.79. The molecule has 0 fully saturated rings. The van der Waals surface area contributed by atoms with Gasteiger partial charge in [-0.05, 0) is 24.3 Å². The van der Waals surface area contributed by atoms with E-state index in [4.69, 9.17) is 21.1 Å². The molecule has 20 heavy (non-hydrogen) atoms. The number of hydrogen-bond donors (Lipinski definition) is 0. The average Bonchev–Trinajstić information content (AvgIpc) is 2.45. The minimum atomic E-state index is -0.529. The van der Waals surface area contributed by atoms with Crippen molar-refractivity contribution in [2.75, 3.05) is 13.2 Å². The molecule has 6 heteroatoms. The molecule has 0 atom stereocenters. The molecule has 0 bridgehead atoms. The van der Waals surface area contributed by atoms with Crippen molar-refractivity contribution in [1.29, 1.82) is 0 Å². The van der Waals surface area contributed by atoms with Gasteiger partial charge in [0.25, 0.3) is 0 Å². The lowest BCUT2D eigenvalue weighted by molar-refractivity contribution is -0.385.